The smallest absolute Gasteiger partial charge is 0.333 e. The van der Waals surface area contributed by atoms with Gasteiger partial charge in [-0.25, -0.2) is 4.68 Å². The van der Waals surface area contributed by atoms with E-state index in [1.165, 1.54) is 0 Å². The second kappa shape index (κ2) is 4.73. The molecule has 1 aromatic heterocycles. The third-order valence-corrected chi connectivity index (χ3v) is 2.40. The Morgan fingerprint density at radius 2 is 2.06 bits per heavy atom. The fourth-order valence-electron chi connectivity index (χ4n) is 1.55. The van der Waals surface area contributed by atoms with Gasteiger partial charge in [0.15, 0.2) is 0 Å². The zero-order valence-corrected chi connectivity index (χ0v) is 11.1. The molecule has 0 bridgehead atoms. The Morgan fingerprint density at radius 1 is 1.47 bits per heavy atom. The quantitative estimate of drug-likeness (QED) is 0.647. The largest absolute Gasteiger partial charge is 0.364 e. The van der Waals surface area contributed by atoms with Gasteiger partial charge in [0, 0.05) is 13.6 Å². The first-order valence-electron chi connectivity index (χ1n) is 5.70. The van der Waals surface area contributed by atoms with Gasteiger partial charge in [-0.2, -0.15) is 5.10 Å². The number of aromatic nitrogens is 2. The molecule has 0 fully saturated rings. The van der Waals surface area contributed by atoms with Crippen molar-refractivity contribution in [2.75, 3.05) is 11.9 Å². The third kappa shape index (κ3) is 3.18. The molecule has 0 saturated carbocycles. The summed E-state index contributed by atoms with van der Waals surface area (Å²) in [4.78, 5) is 10.7. The van der Waals surface area contributed by atoms with E-state index in [-0.39, 0.29) is 16.0 Å². The van der Waals surface area contributed by atoms with E-state index in [4.69, 9.17) is 0 Å². The van der Waals surface area contributed by atoms with E-state index in [1.54, 1.807) is 11.7 Å². The molecule has 6 heteroatoms. The van der Waals surface area contributed by atoms with Gasteiger partial charge in [0.05, 0.1) is 4.92 Å². The van der Waals surface area contributed by atoms with Crippen LogP contribution in [0.4, 0.5) is 11.5 Å². The summed E-state index contributed by atoms with van der Waals surface area (Å²) in [5.74, 6) is 0.488. The first-order valence-corrected chi connectivity index (χ1v) is 5.70. The van der Waals surface area contributed by atoms with E-state index >= 15 is 0 Å². The lowest BCUT2D eigenvalue weighted by Crippen LogP contribution is -2.20. The van der Waals surface area contributed by atoms with Crippen molar-refractivity contribution < 1.29 is 4.92 Å². The van der Waals surface area contributed by atoms with Crippen LogP contribution in [0.3, 0.4) is 0 Å². The highest BCUT2D eigenvalue weighted by molar-refractivity contribution is 5.59. The summed E-state index contributed by atoms with van der Waals surface area (Å²) < 4.78 is 1.54. The molecule has 0 radical (unpaired) electrons. The molecule has 1 aromatic rings. The predicted octanol–water partition coefficient (Wildman–Crippen LogP) is 2.35. The van der Waals surface area contributed by atoms with Gasteiger partial charge in [-0.15, -0.1) is 0 Å². The average molecular weight is 240 g/mol. The Balaban J connectivity index is 3.05. The summed E-state index contributed by atoms with van der Waals surface area (Å²) in [6.45, 7) is 8.74. The van der Waals surface area contributed by atoms with Gasteiger partial charge in [-0.3, -0.25) is 10.1 Å². The molecule has 1 rings (SSSR count). The van der Waals surface area contributed by atoms with Gasteiger partial charge in [-0.1, -0.05) is 27.7 Å². The van der Waals surface area contributed by atoms with E-state index in [9.17, 15) is 10.1 Å². The lowest BCUT2D eigenvalue weighted by molar-refractivity contribution is -0.384. The molecule has 17 heavy (non-hydrogen) atoms. The van der Waals surface area contributed by atoms with Crippen molar-refractivity contribution in [1.29, 1.82) is 0 Å². The van der Waals surface area contributed by atoms with Gasteiger partial charge in [0.2, 0.25) is 5.82 Å². The lowest BCUT2D eigenvalue weighted by Gasteiger charge is -2.19. The third-order valence-electron chi connectivity index (χ3n) is 2.40. The maximum Gasteiger partial charge on any atom is 0.333 e. The molecule has 6 nitrogen and oxygen atoms in total. The number of aryl methyl sites for hydroxylation is 2. The van der Waals surface area contributed by atoms with Crippen molar-refractivity contribution >= 4 is 11.5 Å². The minimum Gasteiger partial charge on any atom is -0.364 e. The first-order chi connectivity index (χ1) is 7.76. The highest BCUT2D eigenvalue weighted by Gasteiger charge is 2.26. The molecule has 0 atom stereocenters. The van der Waals surface area contributed by atoms with E-state index in [2.05, 4.69) is 31.2 Å². The van der Waals surface area contributed by atoms with Crippen LogP contribution in [0.15, 0.2) is 0 Å². The number of rotatable bonds is 4. The Morgan fingerprint density at radius 3 is 2.47 bits per heavy atom. The van der Waals surface area contributed by atoms with Crippen molar-refractivity contribution in [1.82, 2.24) is 9.78 Å². The minimum absolute atomic E-state index is 0.0600. The molecule has 0 amide bonds. The maximum absolute atomic E-state index is 11.1. The fraction of sp³-hybridized carbons (Fsp3) is 0.727. The highest BCUT2D eigenvalue weighted by atomic mass is 16.6. The fourth-order valence-corrected chi connectivity index (χ4v) is 1.55. The van der Waals surface area contributed by atoms with Crippen molar-refractivity contribution in [2.24, 2.45) is 12.5 Å². The molecule has 1 N–H and O–H groups in total. The number of anilines is 1. The molecule has 0 unspecified atom stereocenters. The number of nitro groups is 1. The molecule has 96 valence electrons. The Bertz CT molecular complexity index is 418. The van der Waals surface area contributed by atoms with Crippen molar-refractivity contribution in [2.45, 2.75) is 34.1 Å². The Labute approximate surface area is 101 Å². The topological polar surface area (TPSA) is 73.0 Å². The monoisotopic (exact) mass is 240 g/mol. The zero-order valence-electron chi connectivity index (χ0n) is 11.1. The van der Waals surface area contributed by atoms with Crippen LogP contribution < -0.4 is 5.32 Å². The van der Waals surface area contributed by atoms with Crippen LogP contribution in [0, 0.1) is 15.5 Å². The molecule has 0 saturated heterocycles. The molecule has 0 aliphatic carbocycles. The van der Waals surface area contributed by atoms with Gasteiger partial charge in [-0.05, 0) is 11.8 Å². The molecule has 0 spiro atoms. The van der Waals surface area contributed by atoms with E-state index in [0.717, 1.165) is 0 Å². The normalized spacial score (nSPS) is 11.6. The van der Waals surface area contributed by atoms with Crippen LogP contribution in [-0.4, -0.2) is 21.2 Å². The minimum atomic E-state index is -0.364. The van der Waals surface area contributed by atoms with Gasteiger partial charge < -0.3 is 5.32 Å². The number of hydrogen-bond acceptors (Lipinski definition) is 4. The first kappa shape index (κ1) is 13.5. The van der Waals surface area contributed by atoms with Crippen LogP contribution in [0.5, 0.6) is 0 Å². The van der Waals surface area contributed by atoms with E-state index in [0.29, 0.717) is 24.5 Å². The predicted molar refractivity (Wildman–Crippen MR) is 67.2 cm³/mol. The van der Waals surface area contributed by atoms with E-state index < -0.39 is 0 Å². The van der Waals surface area contributed by atoms with Crippen LogP contribution in [0.1, 0.15) is 33.4 Å². The lowest BCUT2D eigenvalue weighted by atomic mass is 9.97. The van der Waals surface area contributed by atoms with Crippen LogP contribution in [0.2, 0.25) is 0 Å². The van der Waals surface area contributed by atoms with Crippen molar-refractivity contribution in [3.8, 4) is 0 Å². The summed E-state index contributed by atoms with van der Waals surface area (Å²) in [6, 6.07) is 0. The van der Waals surface area contributed by atoms with Gasteiger partial charge in [0.1, 0.15) is 5.69 Å². The standard InChI is InChI=1S/C11H20N4O2/c1-6-8-9(15(16)17)10(14(5)13-8)12-7-11(2,3)4/h12H,6-7H2,1-5H3. The second-order valence-electron chi connectivity index (χ2n) is 5.29. The SMILES string of the molecule is CCc1nn(C)c(NCC(C)(C)C)c1[N+](=O)[O-]. The molecule has 0 aliphatic rings. The summed E-state index contributed by atoms with van der Waals surface area (Å²) in [7, 11) is 1.72. The number of hydrogen-bond donors (Lipinski definition) is 1. The van der Waals surface area contributed by atoms with Crippen molar-refractivity contribution in [3.63, 3.8) is 0 Å². The van der Waals surface area contributed by atoms with Gasteiger partial charge in [0.25, 0.3) is 0 Å². The van der Waals surface area contributed by atoms with Gasteiger partial charge >= 0.3 is 5.69 Å². The second-order valence-corrected chi connectivity index (χ2v) is 5.29. The van der Waals surface area contributed by atoms with Crippen LogP contribution in [-0.2, 0) is 13.5 Å². The Kier molecular flexibility index (Phi) is 3.75. The summed E-state index contributed by atoms with van der Waals surface area (Å²) >= 11 is 0. The molecule has 0 aromatic carbocycles. The summed E-state index contributed by atoms with van der Waals surface area (Å²) in [5, 5.41) is 18.3. The van der Waals surface area contributed by atoms with E-state index in [1.807, 2.05) is 6.92 Å². The molecule has 0 aliphatic heterocycles. The highest BCUT2D eigenvalue weighted by Crippen LogP contribution is 2.29. The maximum atomic E-state index is 11.1. The molecular formula is C11H20N4O2. The zero-order chi connectivity index (χ0) is 13.2. The van der Waals surface area contributed by atoms with Crippen LogP contribution >= 0.6 is 0 Å². The van der Waals surface area contributed by atoms with Crippen LogP contribution in [0.25, 0.3) is 0 Å². The number of nitrogens with zero attached hydrogens (tertiary/aromatic N) is 3. The molecular weight excluding hydrogens is 220 g/mol. The molecule has 1 heterocycles. The average Bonchev–Trinajstić information content (AvgIpc) is 2.50. The summed E-state index contributed by atoms with van der Waals surface area (Å²) in [5.41, 5.74) is 0.679. The summed E-state index contributed by atoms with van der Waals surface area (Å²) in [6.07, 6.45) is 0.557. The van der Waals surface area contributed by atoms with Crippen molar-refractivity contribution in [3.05, 3.63) is 15.8 Å². The number of nitrogens with one attached hydrogen (secondary N) is 1. The Hall–Kier alpha value is -1.59.